The van der Waals surface area contributed by atoms with Crippen LogP contribution in [0.1, 0.15) is 22.3 Å². The predicted octanol–water partition coefficient (Wildman–Crippen LogP) is 5.32. The van der Waals surface area contributed by atoms with E-state index in [2.05, 4.69) is 5.32 Å². The fourth-order valence-electron chi connectivity index (χ4n) is 4.40. The molecule has 0 atom stereocenters. The lowest BCUT2D eigenvalue weighted by molar-refractivity contribution is -0.117. The van der Waals surface area contributed by atoms with Crippen molar-refractivity contribution < 1.29 is 14.3 Å². The number of hydrogen-bond acceptors (Lipinski definition) is 5. The quantitative estimate of drug-likeness (QED) is 0.319. The minimum Gasteiger partial charge on any atom is -0.493 e. The van der Waals surface area contributed by atoms with E-state index in [-0.39, 0.29) is 18.0 Å². The van der Waals surface area contributed by atoms with Crippen molar-refractivity contribution in [2.24, 2.45) is 0 Å². The van der Waals surface area contributed by atoms with Crippen LogP contribution in [-0.4, -0.2) is 28.6 Å². The van der Waals surface area contributed by atoms with Gasteiger partial charge in [0, 0.05) is 22.6 Å². The van der Waals surface area contributed by atoms with Crippen LogP contribution in [0.4, 0.5) is 5.69 Å². The SMILES string of the molecule is COc1cccc2c1Oc1c(c(=O)n(-c3ccc(C)c(C)c3)n1CC(=O)Nc1cccc(SC)c1)C2. The number of carbonyl (C=O) groups is 1. The van der Waals surface area contributed by atoms with E-state index in [1.807, 2.05) is 80.8 Å². The Morgan fingerprint density at radius 2 is 1.89 bits per heavy atom. The van der Waals surface area contributed by atoms with E-state index in [1.165, 1.54) is 4.68 Å². The molecule has 0 bridgehead atoms. The smallest absolute Gasteiger partial charge is 0.278 e. The number of aryl methyl sites for hydroxylation is 2. The average Bonchev–Trinajstić information content (AvgIpc) is 3.14. The lowest BCUT2D eigenvalue weighted by Crippen LogP contribution is -2.27. The molecule has 0 saturated carbocycles. The number of carbonyl (C=O) groups excluding carboxylic acids is 1. The van der Waals surface area contributed by atoms with Gasteiger partial charge in [0.2, 0.25) is 11.8 Å². The number of methoxy groups -OCH3 is 1. The molecule has 0 saturated heterocycles. The van der Waals surface area contributed by atoms with Gasteiger partial charge in [0.05, 0.1) is 18.4 Å². The molecule has 0 aliphatic carbocycles. The summed E-state index contributed by atoms with van der Waals surface area (Å²) in [4.78, 5) is 28.0. The van der Waals surface area contributed by atoms with Crippen LogP contribution >= 0.6 is 11.8 Å². The molecule has 0 spiro atoms. The molecule has 0 unspecified atom stereocenters. The molecule has 1 aliphatic heterocycles. The number of nitrogens with zero attached hydrogens (tertiary/aromatic N) is 2. The maximum absolute atomic E-state index is 13.7. The highest BCUT2D eigenvalue weighted by molar-refractivity contribution is 7.98. The van der Waals surface area contributed by atoms with Gasteiger partial charge < -0.3 is 14.8 Å². The second-order valence-electron chi connectivity index (χ2n) is 8.73. The summed E-state index contributed by atoms with van der Waals surface area (Å²) in [6, 6.07) is 19.1. The lowest BCUT2D eigenvalue weighted by Gasteiger charge is -2.21. The molecule has 1 aliphatic rings. The van der Waals surface area contributed by atoms with Crippen LogP contribution in [-0.2, 0) is 17.8 Å². The summed E-state index contributed by atoms with van der Waals surface area (Å²) >= 11 is 1.60. The summed E-state index contributed by atoms with van der Waals surface area (Å²) in [5, 5.41) is 2.95. The highest BCUT2D eigenvalue weighted by atomic mass is 32.2. The van der Waals surface area contributed by atoms with Crippen LogP contribution in [0.25, 0.3) is 5.69 Å². The van der Waals surface area contributed by atoms with Gasteiger partial charge in [0.15, 0.2) is 11.5 Å². The van der Waals surface area contributed by atoms with Crippen molar-refractivity contribution in [3.05, 3.63) is 93.3 Å². The number of fused-ring (bicyclic) bond motifs is 2. The summed E-state index contributed by atoms with van der Waals surface area (Å²) in [6.07, 6.45) is 2.37. The average molecular weight is 502 g/mol. The van der Waals surface area contributed by atoms with Crippen molar-refractivity contribution in [1.82, 2.24) is 9.36 Å². The van der Waals surface area contributed by atoms with Crippen molar-refractivity contribution in [2.45, 2.75) is 31.7 Å². The second kappa shape index (κ2) is 9.62. The molecule has 1 N–H and O–H groups in total. The fourth-order valence-corrected chi connectivity index (χ4v) is 4.86. The third-order valence-electron chi connectivity index (χ3n) is 6.41. The van der Waals surface area contributed by atoms with Gasteiger partial charge in [-0.3, -0.25) is 9.59 Å². The van der Waals surface area contributed by atoms with E-state index < -0.39 is 0 Å². The first-order chi connectivity index (χ1) is 17.4. The number of rotatable bonds is 6. The number of anilines is 1. The molecule has 7 nitrogen and oxygen atoms in total. The summed E-state index contributed by atoms with van der Waals surface area (Å²) in [7, 11) is 1.58. The van der Waals surface area contributed by atoms with Gasteiger partial charge >= 0.3 is 0 Å². The number of ether oxygens (including phenoxy) is 2. The van der Waals surface area contributed by atoms with E-state index in [9.17, 15) is 9.59 Å². The zero-order chi connectivity index (χ0) is 25.4. The van der Waals surface area contributed by atoms with E-state index in [4.69, 9.17) is 9.47 Å². The molecule has 2 heterocycles. The molecule has 4 aromatic rings. The van der Waals surface area contributed by atoms with Gasteiger partial charge in [-0.25, -0.2) is 9.36 Å². The van der Waals surface area contributed by atoms with Crippen LogP contribution in [0, 0.1) is 13.8 Å². The number of para-hydroxylation sites is 1. The molecule has 0 fully saturated rings. The van der Waals surface area contributed by atoms with Crippen LogP contribution in [0.3, 0.4) is 0 Å². The Kier molecular flexibility index (Phi) is 6.36. The van der Waals surface area contributed by atoms with Crippen molar-refractivity contribution in [2.75, 3.05) is 18.7 Å². The van der Waals surface area contributed by atoms with Crippen molar-refractivity contribution in [3.8, 4) is 23.1 Å². The zero-order valence-corrected chi connectivity index (χ0v) is 21.4. The monoisotopic (exact) mass is 501 g/mol. The summed E-state index contributed by atoms with van der Waals surface area (Å²) < 4.78 is 14.9. The minimum atomic E-state index is -0.266. The number of aromatic nitrogens is 2. The normalized spacial score (nSPS) is 11.9. The maximum atomic E-state index is 13.7. The van der Waals surface area contributed by atoms with Gasteiger partial charge in [-0.2, -0.15) is 0 Å². The number of thioether (sulfide) groups is 1. The molecular weight excluding hydrogens is 474 g/mol. The topological polar surface area (TPSA) is 74.5 Å². The predicted molar refractivity (Wildman–Crippen MR) is 142 cm³/mol. The minimum absolute atomic E-state index is 0.106. The van der Waals surface area contributed by atoms with Crippen LogP contribution in [0.5, 0.6) is 17.4 Å². The molecule has 1 amide bonds. The molecule has 0 radical (unpaired) electrons. The molecule has 8 heteroatoms. The Morgan fingerprint density at radius 1 is 1.08 bits per heavy atom. The molecule has 5 rings (SSSR count). The second-order valence-corrected chi connectivity index (χ2v) is 9.61. The third-order valence-corrected chi connectivity index (χ3v) is 7.14. The van der Waals surface area contributed by atoms with Gasteiger partial charge in [-0.15, -0.1) is 11.8 Å². The van der Waals surface area contributed by atoms with E-state index in [0.717, 1.165) is 21.6 Å². The maximum Gasteiger partial charge on any atom is 0.278 e. The summed E-state index contributed by atoms with van der Waals surface area (Å²) in [6.45, 7) is 3.92. The first-order valence-electron chi connectivity index (χ1n) is 11.6. The Labute approximate surface area is 213 Å². The number of benzene rings is 3. The van der Waals surface area contributed by atoms with E-state index >= 15 is 0 Å². The Balaban J connectivity index is 1.60. The first-order valence-corrected chi connectivity index (χ1v) is 12.8. The summed E-state index contributed by atoms with van der Waals surface area (Å²) in [5.41, 5.74) is 4.70. The van der Waals surface area contributed by atoms with Crippen molar-refractivity contribution in [1.29, 1.82) is 0 Å². The number of hydrogen-bond donors (Lipinski definition) is 1. The highest BCUT2D eigenvalue weighted by Gasteiger charge is 2.30. The highest BCUT2D eigenvalue weighted by Crippen LogP contribution is 2.41. The van der Waals surface area contributed by atoms with E-state index in [1.54, 1.807) is 23.6 Å². The number of nitrogens with one attached hydrogen (secondary N) is 1. The molecule has 184 valence electrons. The Hall–Kier alpha value is -3.91. The molecule has 1 aromatic heterocycles. The zero-order valence-electron chi connectivity index (χ0n) is 20.6. The van der Waals surface area contributed by atoms with Gasteiger partial charge in [0.25, 0.3) is 5.56 Å². The lowest BCUT2D eigenvalue weighted by atomic mass is 10.0. The van der Waals surface area contributed by atoms with Crippen LogP contribution in [0.2, 0.25) is 0 Å². The van der Waals surface area contributed by atoms with Crippen molar-refractivity contribution in [3.63, 3.8) is 0 Å². The van der Waals surface area contributed by atoms with Crippen LogP contribution < -0.4 is 20.3 Å². The summed E-state index contributed by atoms with van der Waals surface area (Å²) in [5.74, 6) is 1.22. The fraction of sp³-hybridized carbons (Fsp3) is 0.214. The molecule has 3 aromatic carbocycles. The first kappa shape index (κ1) is 23.8. The van der Waals surface area contributed by atoms with Gasteiger partial charge in [-0.05, 0) is 67.6 Å². The molecule has 36 heavy (non-hydrogen) atoms. The standard InChI is InChI=1S/C28H27N3O4S/c1-17-11-12-21(13-18(17)2)31-27(33)23-14-19-7-5-10-24(34-3)26(19)35-28(23)30(31)16-25(32)29-20-8-6-9-22(15-20)36-4/h5-13,15H,14,16H2,1-4H3,(H,29,32). The Bertz CT molecular complexity index is 1540. The number of amides is 1. The third kappa shape index (κ3) is 4.28. The largest absolute Gasteiger partial charge is 0.493 e. The molecular formula is C28H27N3O4S. The van der Waals surface area contributed by atoms with E-state index in [0.29, 0.717) is 40.7 Å². The van der Waals surface area contributed by atoms with Gasteiger partial charge in [-0.1, -0.05) is 24.3 Å². The van der Waals surface area contributed by atoms with Crippen molar-refractivity contribution >= 4 is 23.4 Å². The Morgan fingerprint density at radius 3 is 2.64 bits per heavy atom. The van der Waals surface area contributed by atoms with Crippen LogP contribution in [0.15, 0.2) is 70.4 Å². The van der Waals surface area contributed by atoms with Gasteiger partial charge in [0.1, 0.15) is 6.54 Å².